The molecule has 199 valence electrons. The molecule has 36 heavy (non-hydrogen) atoms. The van der Waals surface area contributed by atoms with Crippen LogP contribution in [0.25, 0.3) is 5.59 Å². The van der Waals surface area contributed by atoms with Gasteiger partial charge in [0.2, 0.25) is 0 Å². The van der Waals surface area contributed by atoms with Crippen LogP contribution in [0.4, 0.5) is 17.3 Å². The molecular weight excluding hydrogens is 682 g/mol. The minimum atomic E-state index is -6.00. The van der Waals surface area contributed by atoms with Crippen LogP contribution in [0.1, 0.15) is 32.1 Å². The minimum Gasteiger partial charge on any atom is -0.577 e. The maximum absolute atomic E-state index is 9.75. The van der Waals surface area contributed by atoms with Gasteiger partial charge in [0.05, 0.1) is 0 Å². The third-order valence-electron chi connectivity index (χ3n) is 4.29. The first kappa shape index (κ1) is 36.4. The molecule has 1 radical (unpaired) electrons. The fourth-order valence-corrected chi connectivity index (χ4v) is 5.37. The first-order valence-electron chi connectivity index (χ1n) is 10.9. The van der Waals surface area contributed by atoms with Gasteiger partial charge in [0.25, 0.3) is 0 Å². The molecule has 0 spiro atoms. The summed E-state index contributed by atoms with van der Waals surface area (Å²) in [5, 5.41) is 4.19. The van der Waals surface area contributed by atoms with Gasteiger partial charge in [0, 0.05) is 43.7 Å². The Hall–Kier alpha value is -1.71. The molecule has 0 aromatic heterocycles. The van der Waals surface area contributed by atoms with Crippen molar-refractivity contribution >= 4 is 41.9 Å². The Morgan fingerprint density at radius 3 is 0.944 bits per heavy atom. The molecule has 3 aromatic carbocycles. The van der Waals surface area contributed by atoms with E-state index in [1.54, 1.807) is 12.5 Å². The Kier molecular flexibility index (Phi) is 22.8. The maximum Gasteiger partial charge on any atom is 0.673 e. The Labute approximate surface area is 229 Å². The smallest absolute Gasteiger partial charge is 0.577 e. The van der Waals surface area contributed by atoms with Crippen LogP contribution in [0.15, 0.2) is 91.0 Å². The minimum absolute atomic E-state index is 0. The van der Waals surface area contributed by atoms with Crippen molar-refractivity contribution in [2.24, 2.45) is 0 Å². The largest absolute Gasteiger partial charge is 0.673 e. The quantitative estimate of drug-likeness (QED) is 0.167. The van der Waals surface area contributed by atoms with E-state index in [0.717, 1.165) is 0 Å². The van der Waals surface area contributed by atoms with Crippen LogP contribution in [0.2, 0.25) is 0 Å². The summed E-state index contributed by atoms with van der Waals surface area (Å²) in [6, 6.07) is 32.3. The molecule has 1 fully saturated rings. The van der Waals surface area contributed by atoms with Gasteiger partial charge in [-0.3, -0.25) is 4.21 Å². The number of halogens is 4. The van der Waals surface area contributed by atoms with Gasteiger partial charge in [-0.25, -0.2) is 0 Å². The van der Waals surface area contributed by atoms with E-state index in [0.29, 0.717) is 0 Å². The number of hydrogen-bond donors (Lipinski definition) is 0. The fourth-order valence-electron chi connectivity index (χ4n) is 3.06. The van der Waals surface area contributed by atoms with Crippen LogP contribution < -0.4 is 15.9 Å². The van der Waals surface area contributed by atoms with Gasteiger partial charge < -0.3 is 27.8 Å². The predicted molar refractivity (Wildman–Crippen MR) is 145 cm³/mol. The van der Waals surface area contributed by atoms with E-state index in [-0.39, 0.29) is 20.4 Å². The number of rotatable bonds is 3. The maximum atomic E-state index is 9.75. The summed E-state index contributed by atoms with van der Waals surface area (Å²) in [6.45, 7) is 0. The van der Waals surface area contributed by atoms with Crippen LogP contribution in [-0.4, -0.2) is 24.0 Å². The molecule has 0 bridgehead atoms. The van der Waals surface area contributed by atoms with Gasteiger partial charge in [0.1, 0.15) is 0 Å². The first-order valence-corrected chi connectivity index (χ1v) is 14.2. The number of benzene rings is 3. The average Bonchev–Trinajstić information content (AvgIpc) is 3.42. The summed E-state index contributed by atoms with van der Waals surface area (Å²) in [6.07, 6.45) is 10.8. The summed E-state index contributed by atoms with van der Waals surface area (Å²) in [4.78, 5) is 7.25. The summed E-state index contributed by atoms with van der Waals surface area (Å²) in [5.74, 6) is 0. The topological polar surface area (TPSA) is 56.4 Å². The molecule has 3 nitrogen and oxygen atoms in total. The van der Waals surface area contributed by atoms with Crippen LogP contribution in [0.5, 0.6) is 0 Å². The summed E-state index contributed by atoms with van der Waals surface area (Å²) < 4.78 is 48.6. The molecule has 0 atom stereocenters. The second kappa shape index (κ2) is 22.5. The van der Waals surface area contributed by atoms with Crippen molar-refractivity contribution in [1.82, 2.24) is 0 Å². The van der Waals surface area contributed by atoms with E-state index >= 15 is 0 Å². The molecule has 4 rings (SSSR count). The molecule has 0 unspecified atom stereocenters. The molecule has 0 N–H and O–H groups in total. The van der Waals surface area contributed by atoms with E-state index in [2.05, 4.69) is 91.0 Å². The summed E-state index contributed by atoms with van der Waals surface area (Å²) >= 11 is 0. The Balaban J connectivity index is 0. The molecule has 3 aromatic rings. The molecule has 11 heteroatoms. The van der Waals surface area contributed by atoms with Crippen molar-refractivity contribution in [3.63, 3.8) is 0 Å². The standard InChI is InChI=1S/C18H15P.C5H10.C2H6OS.BF4.NO.Re/c1-4-10-16(11-5-1)19(17-12-6-2-7-13-17)18-14-8-3-9-15-18;1-2-4-5-3-1;1-4(2)3;2-1(3,4)5;1-2;/h1-15H;1-5H2;1-2H3;;;/q;;;2*-1;. The van der Waals surface area contributed by atoms with E-state index in [9.17, 15) is 21.5 Å². The van der Waals surface area contributed by atoms with Crippen molar-refractivity contribution < 1.29 is 41.9 Å². The predicted octanol–water partition coefficient (Wildman–Crippen LogP) is 7.01. The number of nitrogens with zero attached hydrogens (tertiary/aromatic N) is 1. The first-order chi connectivity index (χ1) is 16.7. The van der Waals surface area contributed by atoms with Crippen LogP contribution in [-0.2, 0) is 31.2 Å². The van der Waals surface area contributed by atoms with Crippen molar-refractivity contribution in [2.45, 2.75) is 32.1 Å². The van der Waals surface area contributed by atoms with Crippen molar-refractivity contribution in [2.75, 3.05) is 12.5 Å². The normalized spacial score (nSPS) is 11.7. The monoisotopic (exact) mass is 714 g/mol. The number of hydrogen-bond acceptors (Lipinski definition) is 2. The zero-order valence-corrected chi connectivity index (χ0v) is 24.7. The molecule has 0 heterocycles. The van der Waals surface area contributed by atoms with E-state index in [1.807, 2.05) is 0 Å². The number of nitroso groups, excluding NO2 is 1. The molecule has 1 aliphatic rings. The second-order valence-corrected chi connectivity index (χ2v) is 11.0. The van der Waals surface area contributed by atoms with Gasteiger partial charge in [-0.2, -0.15) is 0 Å². The Morgan fingerprint density at radius 1 is 0.611 bits per heavy atom. The molecule has 0 amide bonds. The van der Waals surface area contributed by atoms with Gasteiger partial charge >= 0.3 is 7.25 Å². The third-order valence-corrected chi connectivity index (χ3v) is 6.74. The van der Waals surface area contributed by atoms with Crippen molar-refractivity contribution in [3.05, 3.63) is 101 Å². The summed E-state index contributed by atoms with van der Waals surface area (Å²) in [7, 11) is -7.06. The van der Waals surface area contributed by atoms with E-state index in [4.69, 9.17) is 10.5 Å². The van der Waals surface area contributed by atoms with Gasteiger partial charge in [0.15, 0.2) is 0 Å². The van der Waals surface area contributed by atoms with Gasteiger partial charge in [-0.1, -0.05) is 123 Å². The van der Waals surface area contributed by atoms with Crippen molar-refractivity contribution in [1.29, 1.82) is 0 Å². The second-order valence-electron chi connectivity index (χ2n) is 7.35. The van der Waals surface area contributed by atoms with E-state index < -0.39 is 26.0 Å². The SMILES string of the molecule is C1CCCC1.CS(C)=O.F[B-](F)(F)F.[N-]=O.[Re].c1ccc(P(c2ccccc2)c2ccccc2)cc1. The zero-order valence-electron chi connectivity index (χ0n) is 20.3. The molecule has 0 aliphatic heterocycles. The Morgan fingerprint density at radius 2 is 0.778 bits per heavy atom. The molecule has 1 aliphatic carbocycles. The summed E-state index contributed by atoms with van der Waals surface area (Å²) in [5.41, 5.74) is 5.75. The Bertz CT molecular complexity index is 814. The van der Waals surface area contributed by atoms with Gasteiger partial charge in [-0.05, 0) is 23.8 Å². The third kappa shape index (κ3) is 20.5. The fraction of sp³-hybridized carbons (Fsp3) is 0.280. The van der Waals surface area contributed by atoms with Crippen LogP contribution in [0.3, 0.4) is 0 Å². The average molecular weight is 714 g/mol. The van der Waals surface area contributed by atoms with Crippen LogP contribution in [0, 0.1) is 4.91 Å². The van der Waals surface area contributed by atoms with E-state index in [1.165, 1.54) is 48.0 Å². The van der Waals surface area contributed by atoms with Crippen LogP contribution >= 0.6 is 7.92 Å². The molecule has 0 saturated heterocycles. The molecular formula is C25H31BF4NO2PReS-2. The zero-order chi connectivity index (χ0) is 26.5. The van der Waals surface area contributed by atoms with Gasteiger partial charge in [-0.15, -0.1) is 0 Å². The molecule has 1 saturated carbocycles. The van der Waals surface area contributed by atoms with Crippen molar-refractivity contribution in [3.8, 4) is 0 Å².